The Hall–Kier alpha value is -2.55. The number of nitrogens with zero attached hydrogens (tertiary/aromatic N) is 4. The highest BCUT2D eigenvalue weighted by Crippen LogP contribution is 2.19. The van der Waals surface area contributed by atoms with E-state index in [1.54, 1.807) is 29.3 Å². The molecule has 2 aromatic rings. The summed E-state index contributed by atoms with van der Waals surface area (Å²) in [4.78, 5) is 12.5. The summed E-state index contributed by atoms with van der Waals surface area (Å²) in [6.45, 7) is 6.95. The highest BCUT2D eigenvalue weighted by atomic mass is 16.1. The number of anilines is 1. The molecule has 0 aliphatic carbocycles. The van der Waals surface area contributed by atoms with Crippen molar-refractivity contribution < 1.29 is 4.79 Å². The normalized spacial score (nSPS) is 11.3. The molecule has 26 heavy (non-hydrogen) atoms. The summed E-state index contributed by atoms with van der Waals surface area (Å²) in [5.74, 6) is 3.18. The zero-order chi connectivity index (χ0) is 19.0. The molecule has 0 saturated heterocycles. The molecule has 0 atom stereocenters. The van der Waals surface area contributed by atoms with Crippen LogP contribution in [-0.2, 0) is 12.1 Å². The van der Waals surface area contributed by atoms with E-state index in [0.717, 1.165) is 32.2 Å². The minimum absolute atomic E-state index is 0.170. The third kappa shape index (κ3) is 5.76. The lowest BCUT2D eigenvalue weighted by molar-refractivity contribution is 0.102. The molecular weight excluding hydrogens is 326 g/mol. The van der Waals surface area contributed by atoms with Crippen LogP contribution in [0.1, 0.15) is 69.7 Å². The Kier molecular flexibility index (Phi) is 7.02. The van der Waals surface area contributed by atoms with Gasteiger partial charge in [0.2, 0.25) is 0 Å². The van der Waals surface area contributed by atoms with E-state index < -0.39 is 0 Å². The van der Waals surface area contributed by atoms with Crippen molar-refractivity contribution in [2.75, 3.05) is 5.32 Å². The summed E-state index contributed by atoms with van der Waals surface area (Å²) in [6, 6.07) is 1.80. The van der Waals surface area contributed by atoms with Crippen molar-refractivity contribution in [3.8, 4) is 12.3 Å². The fourth-order valence-electron chi connectivity index (χ4n) is 2.76. The van der Waals surface area contributed by atoms with Crippen molar-refractivity contribution >= 4 is 11.7 Å². The third-order valence-corrected chi connectivity index (χ3v) is 4.12. The average molecular weight is 355 g/mol. The fraction of sp³-hybridized carbons (Fsp3) is 0.550. The predicted octanol–water partition coefficient (Wildman–Crippen LogP) is 4.06. The van der Waals surface area contributed by atoms with Gasteiger partial charge in [0.25, 0.3) is 5.91 Å². The summed E-state index contributed by atoms with van der Waals surface area (Å²) in [7, 11) is 0. The molecule has 6 nitrogen and oxygen atoms in total. The van der Waals surface area contributed by atoms with E-state index >= 15 is 0 Å². The number of nitrogens with one attached hydrogen (secondary N) is 1. The number of unbranched alkanes of at least 4 members (excludes halogenated alkanes) is 5. The summed E-state index contributed by atoms with van der Waals surface area (Å²) in [5.41, 5.74) is 0.358. The van der Waals surface area contributed by atoms with Crippen LogP contribution in [0.25, 0.3) is 0 Å². The number of aryl methyl sites for hydroxylation is 1. The van der Waals surface area contributed by atoms with E-state index in [9.17, 15) is 4.79 Å². The molecule has 0 bridgehead atoms. The van der Waals surface area contributed by atoms with E-state index in [1.807, 2.05) is 25.5 Å². The number of terminal acetylenes is 1. The van der Waals surface area contributed by atoms with Gasteiger partial charge in [-0.3, -0.25) is 9.48 Å². The maximum atomic E-state index is 12.5. The molecule has 2 rings (SSSR count). The van der Waals surface area contributed by atoms with Gasteiger partial charge in [-0.2, -0.15) is 10.2 Å². The highest BCUT2D eigenvalue weighted by Gasteiger charge is 2.19. The smallest absolute Gasteiger partial charge is 0.259 e. The van der Waals surface area contributed by atoms with Crippen molar-refractivity contribution in [3.05, 3.63) is 30.2 Å². The molecule has 1 N–H and O–H groups in total. The Bertz CT molecular complexity index is 745. The van der Waals surface area contributed by atoms with Crippen molar-refractivity contribution in [3.63, 3.8) is 0 Å². The second kappa shape index (κ2) is 9.23. The molecule has 2 aromatic heterocycles. The number of carbonyl (C=O) groups is 1. The first kappa shape index (κ1) is 19.8. The number of hydrogen-bond acceptors (Lipinski definition) is 3. The molecule has 0 unspecified atom stereocenters. The summed E-state index contributed by atoms with van der Waals surface area (Å²) in [5, 5.41) is 11.5. The Morgan fingerprint density at radius 3 is 2.65 bits per heavy atom. The molecule has 140 valence electrons. The molecule has 0 aliphatic rings. The van der Waals surface area contributed by atoms with Crippen LogP contribution in [0, 0.1) is 12.3 Å². The largest absolute Gasteiger partial charge is 0.307 e. The van der Waals surface area contributed by atoms with E-state index in [0.29, 0.717) is 11.4 Å². The Balaban J connectivity index is 1.81. The van der Waals surface area contributed by atoms with Crippen molar-refractivity contribution in [1.29, 1.82) is 0 Å². The van der Waals surface area contributed by atoms with Gasteiger partial charge < -0.3 is 5.32 Å². The maximum Gasteiger partial charge on any atom is 0.259 e. The van der Waals surface area contributed by atoms with E-state index in [2.05, 4.69) is 21.4 Å². The summed E-state index contributed by atoms with van der Waals surface area (Å²) >= 11 is 0. The van der Waals surface area contributed by atoms with Gasteiger partial charge >= 0.3 is 0 Å². The lowest BCUT2D eigenvalue weighted by Crippen LogP contribution is -2.26. The van der Waals surface area contributed by atoms with Gasteiger partial charge in [0.05, 0.1) is 23.5 Å². The second-order valence-electron chi connectivity index (χ2n) is 7.47. The first-order valence-corrected chi connectivity index (χ1v) is 9.23. The van der Waals surface area contributed by atoms with Gasteiger partial charge in [0.15, 0.2) is 0 Å². The topological polar surface area (TPSA) is 64.7 Å². The summed E-state index contributed by atoms with van der Waals surface area (Å²) in [6.07, 6.45) is 16.9. The zero-order valence-electron chi connectivity index (χ0n) is 16.0. The van der Waals surface area contributed by atoms with E-state index in [-0.39, 0.29) is 11.4 Å². The molecule has 0 aromatic carbocycles. The number of carbonyl (C=O) groups excluding carboxylic acids is 1. The van der Waals surface area contributed by atoms with E-state index in [4.69, 9.17) is 6.42 Å². The highest BCUT2D eigenvalue weighted by molar-refractivity contribution is 6.03. The Labute approximate surface area is 156 Å². The molecule has 0 spiro atoms. The van der Waals surface area contributed by atoms with Crippen LogP contribution < -0.4 is 5.32 Å². The third-order valence-electron chi connectivity index (χ3n) is 4.12. The predicted molar refractivity (Wildman–Crippen MR) is 104 cm³/mol. The maximum absolute atomic E-state index is 12.5. The van der Waals surface area contributed by atoms with Gasteiger partial charge in [-0.1, -0.05) is 19.3 Å². The SMILES string of the molecule is C#CCCCCCCCn1cc(C(=O)Nc2ccnn2C(C)(C)C)cn1. The van der Waals surface area contributed by atoms with E-state index in [1.165, 1.54) is 12.8 Å². The fourth-order valence-corrected chi connectivity index (χ4v) is 2.76. The summed E-state index contributed by atoms with van der Waals surface area (Å²) < 4.78 is 3.63. The van der Waals surface area contributed by atoms with Crippen molar-refractivity contribution in [1.82, 2.24) is 19.6 Å². The van der Waals surface area contributed by atoms with Crippen LogP contribution in [-0.4, -0.2) is 25.5 Å². The molecule has 0 radical (unpaired) electrons. The molecule has 6 heteroatoms. The first-order valence-electron chi connectivity index (χ1n) is 9.23. The monoisotopic (exact) mass is 355 g/mol. The van der Waals surface area contributed by atoms with Crippen LogP contribution in [0.3, 0.4) is 0 Å². The van der Waals surface area contributed by atoms with Gasteiger partial charge in [-0.15, -0.1) is 12.3 Å². The van der Waals surface area contributed by atoms with Gasteiger partial charge in [0, 0.05) is 25.2 Å². The Morgan fingerprint density at radius 1 is 1.19 bits per heavy atom. The number of hydrogen-bond donors (Lipinski definition) is 1. The second-order valence-corrected chi connectivity index (χ2v) is 7.47. The molecule has 2 heterocycles. The quantitative estimate of drug-likeness (QED) is 0.545. The lowest BCUT2D eigenvalue weighted by atomic mass is 10.1. The van der Waals surface area contributed by atoms with Crippen LogP contribution in [0.15, 0.2) is 24.7 Å². The van der Waals surface area contributed by atoms with Crippen LogP contribution >= 0.6 is 0 Å². The Morgan fingerprint density at radius 2 is 1.92 bits per heavy atom. The number of amides is 1. The number of aromatic nitrogens is 4. The first-order chi connectivity index (χ1) is 12.4. The lowest BCUT2D eigenvalue weighted by Gasteiger charge is -2.22. The molecule has 0 saturated carbocycles. The van der Waals surface area contributed by atoms with Crippen LogP contribution in [0.5, 0.6) is 0 Å². The van der Waals surface area contributed by atoms with Gasteiger partial charge in [-0.05, 0) is 33.6 Å². The number of rotatable bonds is 9. The molecular formula is C20H29N5O. The molecule has 0 fully saturated rings. The van der Waals surface area contributed by atoms with Crippen molar-refractivity contribution in [2.24, 2.45) is 0 Å². The van der Waals surface area contributed by atoms with Crippen molar-refractivity contribution in [2.45, 2.75) is 71.4 Å². The minimum Gasteiger partial charge on any atom is -0.307 e. The van der Waals surface area contributed by atoms with Crippen LogP contribution in [0.2, 0.25) is 0 Å². The average Bonchev–Trinajstić information content (AvgIpc) is 3.23. The molecule has 0 aliphatic heterocycles. The van der Waals surface area contributed by atoms with Gasteiger partial charge in [0.1, 0.15) is 5.82 Å². The molecule has 1 amide bonds. The minimum atomic E-state index is -0.198. The van der Waals surface area contributed by atoms with Crippen LogP contribution in [0.4, 0.5) is 5.82 Å². The van der Waals surface area contributed by atoms with Gasteiger partial charge in [-0.25, -0.2) is 4.68 Å². The standard InChI is InChI=1S/C20H29N5O/c1-5-6-7-8-9-10-11-14-24-16-17(15-22-24)19(26)23-18-12-13-21-25(18)20(2,3)4/h1,12-13,15-16H,6-11,14H2,2-4H3,(H,23,26). The zero-order valence-corrected chi connectivity index (χ0v) is 16.0.